The number of nitrogens with one attached hydrogen (secondary N) is 1. The van der Waals surface area contributed by atoms with Gasteiger partial charge in [0.1, 0.15) is 12.3 Å². The number of fused-ring (bicyclic) bond motifs is 4. The third-order valence-corrected chi connectivity index (χ3v) is 8.74. The van der Waals surface area contributed by atoms with E-state index in [2.05, 4.69) is 4.98 Å². The maximum atomic E-state index is 14.2. The number of nitrogens with zero attached hydrogens (tertiary/aromatic N) is 3. The Morgan fingerprint density at radius 1 is 1.00 bits per heavy atom. The van der Waals surface area contributed by atoms with Crippen LogP contribution in [0, 0.1) is 10.1 Å². The molecule has 1 unspecified atom stereocenters. The monoisotopic (exact) mass is 658 g/mol. The van der Waals surface area contributed by atoms with Crippen molar-refractivity contribution < 1.29 is 33.5 Å². The molecule has 1 aliphatic heterocycles. The van der Waals surface area contributed by atoms with Gasteiger partial charge in [0, 0.05) is 48.3 Å². The lowest BCUT2D eigenvalue weighted by atomic mass is 9.94. The number of aromatic nitrogens is 1. The summed E-state index contributed by atoms with van der Waals surface area (Å²) in [7, 11) is 6.15. The van der Waals surface area contributed by atoms with Crippen molar-refractivity contribution in [2.45, 2.75) is 12.5 Å². The first-order valence-corrected chi connectivity index (χ1v) is 15.1. The highest BCUT2D eigenvalue weighted by Crippen LogP contribution is 2.47. The predicted octanol–water partition coefficient (Wildman–Crippen LogP) is 7.01. The second kappa shape index (κ2) is 12.7. The highest BCUT2D eigenvalue weighted by Gasteiger charge is 2.36. The van der Waals surface area contributed by atoms with Crippen LogP contribution < -0.4 is 24.0 Å². The Morgan fingerprint density at radius 3 is 2.34 bits per heavy atom. The zero-order valence-corrected chi connectivity index (χ0v) is 26.8. The number of ether oxygens (including phenoxy) is 4. The maximum absolute atomic E-state index is 14.2. The lowest BCUT2D eigenvalue weighted by Gasteiger charge is -2.23. The third-order valence-electron chi connectivity index (χ3n) is 8.37. The number of carbonyl (C=O) groups is 2. The lowest BCUT2D eigenvalue weighted by Crippen LogP contribution is -2.31. The molecule has 0 saturated heterocycles. The molecule has 4 aromatic carbocycles. The van der Waals surface area contributed by atoms with Gasteiger partial charge < -0.3 is 28.8 Å². The van der Waals surface area contributed by atoms with Crippen LogP contribution in [0.3, 0.4) is 0 Å². The van der Waals surface area contributed by atoms with Crippen molar-refractivity contribution in [2.24, 2.45) is 0 Å². The average Bonchev–Trinajstić information content (AvgIpc) is 3.70. The number of hydrogen-bond acceptors (Lipinski definition) is 8. The minimum Gasteiger partial charge on any atom is -0.493 e. The van der Waals surface area contributed by atoms with Gasteiger partial charge in [-0.25, -0.2) is 4.79 Å². The van der Waals surface area contributed by atoms with Gasteiger partial charge in [-0.3, -0.25) is 19.8 Å². The van der Waals surface area contributed by atoms with Gasteiger partial charge in [0.25, 0.3) is 11.6 Å². The summed E-state index contributed by atoms with van der Waals surface area (Å²) in [5.41, 5.74) is 3.53. The smallest absolute Gasteiger partial charge is 0.414 e. The molecule has 2 heterocycles. The van der Waals surface area contributed by atoms with E-state index >= 15 is 0 Å². The van der Waals surface area contributed by atoms with Crippen molar-refractivity contribution >= 4 is 62.3 Å². The van der Waals surface area contributed by atoms with Crippen LogP contribution in [0.5, 0.6) is 17.2 Å². The van der Waals surface area contributed by atoms with Gasteiger partial charge in [0.15, 0.2) is 11.5 Å². The Hall–Kier alpha value is -5.49. The number of aromatic amines is 1. The quantitative estimate of drug-likeness (QED) is 0.101. The number of nitro groups is 1. The molecule has 0 fully saturated rings. The fourth-order valence-electron chi connectivity index (χ4n) is 6.08. The number of alkyl halides is 1. The Balaban J connectivity index is 1.37. The Bertz CT molecular complexity index is 2030. The molecule has 6 rings (SSSR count). The number of amides is 2. The van der Waals surface area contributed by atoms with Gasteiger partial charge in [0.05, 0.1) is 43.1 Å². The van der Waals surface area contributed by atoms with Crippen LogP contribution in [0.15, 0.2) is 66.7 Å². The second-order valence-corrected chi connectivity index (χ2v) is 11.3. The third kappa shape index (κ3) is 5.50. The number of benzene rings is 4. The molecule has 1 N–H and O–H groups in total. The van der Waals surface area contributed by atoms with Crippen molar-refractivity contribution in [3.05, 3.63) is 93.7 Å². The van der Waals surface area contributed by atoms with Crippen LogP contribution in [0.2, 0.25) is 0 Å². The minimum absolute atomic E-state index is 0.0535. The van der Waals surface area contributed by atoms with E-state index in [1.807, 2.05) is 30.3 Å². The first-order valence-electron chi connectivity index (χ1n) is 14.6. The van der Waals surface area contributed by atoms with Crippen molar-refractivity contribution in [3.8, 4) is 17.2 Å². The van der Waals surface area contributed by atoms with Crippen LogP contribution in [-0.2, 0) is 11.3 Å². The summed E-state index contributed by atoms with van der Waals surface area (Å²) in [6, 6.07) is 18.7. The average molecular weight is 659 g/mol. The van der Waals surface area contributed by atoms with Crippen molar-refractivity contribution in [2.75, 3.05) is 50.6 Å². The summed E-state index contributed by atoms with van der Waals surface area (Å²) >= 11 is 6.49. The van der Waals surface area contributed by atoms with E-state index in [0.717, 1.165) is 16.3 Å². The summed E-state index contributed by atoms with van der Waals surface area (Å²) in [6.07, 6.45) is -0.635. The minimum atomic E-state index is -0.635. The molecule has 1 aromatic heterocycles. The molecule has 47 heavy (non-hydrogen) atoms. The number of nitro benzene ring substituents is 1. The van der Waals surface area contributed by atoms with Gasteiger partial charge >= 0.3 is 6.09 Å². The first kappa shape index (κ1) is 31.5. The number of H-pyrrole nitrogens is 1. The van der Waals surface area contributed by atoms with Crippen molar-refractivity contribution in [1.29, 1.82) is 0 Å². The fraction of sp³-hybridized carbons (Fsp3) is 0.235. The zero-order valence-electron chi connectivity index (χ0n) is 26.0. The normalized spacial score (nSPS) is 13.8. The number of rotatable bonds is 9. The van der Waals surface area contributed by atoms with Crippen molar-refractivity contribution in [1.82, 2.24) is 4.98 Å². The molecule has 0 spiro atoms. The summed E-state index contributed by atoms with van der Waals surface area (Å²) in [5.74, 6) is 1.10. The summed E-state index contributed by atoms with van der Waals surface area (Å²) in [6.45, 7) is 0.251. The van der Waals surface area contributed by atoms with Gasteiger partial charge in [-0.2, -0.15) is 0 Å². The molecule has 0 radical (unpaired) electrons. The second-order valence-electron chi connectivity index (χ2n) is 11.0. The molecule has 12 nitrogen and oxygen atoms in total. The molecule has 5 aromatic rings. The zero-order chi connectivity index (χ0) is 33.4. The van der Waals surface area contributed by atoms with E-state index in [9.17, 15) is 19.7 Å². The number of halogens is 1. The predicted molar refractivity (Wildman–Crippen MR) is 179 cm³/mol. The largest absolute Gasteiger partial charge is 0.493 e. The number of non-ortho nitro benzene ring substituents is 1. The van der Waals surface area contributed by atoms with E-state index in [1.165, 1.54) is 50.5 Å². The molecule has 1 atom stereocenters. The summed E-state index contributed by atoms with van der Waals surface area (Å²) in [4.78, 5) is 44.3. The number of carbonyl (C=O) groups excluding carboxylic acids is 2. The van der Waals surface area contributed by atoms with E-state index < -0.39 is 11.0 Å². The van der Waals surface area contributed by atoms with Gasteiger partial charge in [-0.1, -0.05) is 24.3 Å². The highest BCUT2D eigenvalue weighted by atomic mass is 35.5. The fourth-order valence-corrected chi connectivity index (χ4v) is 6.33. The molecular weight excluding hydrogens is 628 g/mol. The van der Waals surface area contributed by atoms with E-state index in [-0.39, 0.29) is 30.0 Å². The molecule has 0 bridgehead atoms. The van der Waals surface area contributed by atoms with E-state index in [0.29, 0.717) is 57.3 Å². The Kier molecular flexibility index (Phi) is 8.52. The standard InChI is InChI=1S/C34H31ClN4O8/c1-37(34(41)47-18-19-9-11-22(12-10-19)39(42)43)26-15-27-29(24-8-6-5-7-23(24)26)21(16-35)17-38(27)33(40)25-13-20-14-28(44-2)31(45-3)32(46-4)30(20)36-25/h5-15,21,36H,16-18H2,1-4H3. The highest BCUT2D eigenvalue weighted by molar-refractivity contribution is 6.20. The lowest BCUT2D eigenvalue weighted by molar-refractivity contribution is -0.384. The molecule has 13 heteroatoms. The van der Waals surface area contributed by atoms with E-state index in [1.54, 1.807) is 24.1 Å². The summed E-state index contributed by atoms with van der Waals surface area (Å²) in [5, 5.41) is 13.3. The number of methoxy groups -OCH3 is 3. The molecule has 0 saturated carbocycles. The van der Waals surface area contributed by atoms with Crippen LogP contribution in [0.25, 0.3) is 21.7 Å². The van der Waals surface area contributed by atoms with E-state index in [4.69, 9.17) is 30.5 Å². The first-order chi connectivity index (χ1) is 22.7. The molecule has 1 aliphatic rings. The van der Waals surface area contributed by atoms with Crippen LogP contribution in [-0.4, -0.2) is 62.7 Å². The molecule has 0 aliphatic carbocycles. The molecule has 242 valence electrons. The topological polar surface area (TPSA) is 136 Å². The number of anilines is 2. The van der Waals surface area contributed by atoms with Gasteiger partial charge in [-0.05, 0) is 46.8 Å². The Labute approximate surface area is 274 Å². The van der Waals surface area contributed by atoms with Crippen LogP contribution in [0.1, 0.15) is 27.5 Å². The van der Waals surface area contributed by atoms with Gasteiger partial charge in [0.2, 0.25) is 5.75 Å². The van der Waals surface area contributed by atoms with Crippen molar-refractivity contribution in [3.63, 3.8) is 0 Å². The molecular formula is C34H31ClN4O8. The Morgan fingerprint density at radius 2 is 1.70 bits per heavy atom. The van der Waals surface area contributed by atoms with Crippen LogP contribution in [0.4, 0.5) is 21.9 Å². The SMILES string of the molecule is COc1cc2cc(C(=O)N3CC(CCl)c4c3cc(N(C)C(=O)OCc3ccc([N+](=O)[O-])cc3)c3ccccc43)[nH]c2c(OC)c1OC. The van der Waals surface area contributed by atoms with Crippen LogP contribution >= 0.6 is 11.6 Å². The maximum Gasteiger partial charge on any atom is 0.414 e. The molecule has 2 amide bonds. The summed E-state index contributed by atoms with van der Waals surface area (Å²) < 4.78 is 22.2. The number of hydrogen-bond donors (Lipinski definition) is 1. The van der Waals surface area contributed by atoms with Gasteiger partial charge in [-0.15, -0.1) is 11.6 Å².